The molecular weight excluding hydrogens is 406 g/mol. The summed E-state index contributed by atoms with van der Waals surface area (Å²) in [6.45, 7) is 2.00. The van der Waals surface area contributed by atoms with Crippen molar-refractivity contribution in [3.8, 4) is 0 Å². The van der Waals surface area contributed by atoms with Crippen molar-refractivity contribution in [2.75, 3.05) is 0 Å². The van der Waals surface area contributed by atoms with Crippen molar-refractivity contribution < 1.29 is 42.7 Å². The number of carbonyl (C=O) groups is 1. The van der Waals surface area contributed by atoms with E-state index < -0.39 is 0 Å². The fourth-order valence-electron chi connectivity index (χ4n) is 1.43. The third-order valence-corrected chi connectivity index (χ3v) is 2.53. The maximum Gasteiger partial charge on any atom is 1.00 e. The second-order valence-corrected chi connectivity index (χ2v) is 4.46. The lowest BCUT2D eigenvalue weighted by Gasteiger charge is -2.00. The first-order valence-electron chi connectivity index (χ1n) is 7.08. The topological polar surface area (TPSA) is 185 Å². The van der Waals surface area contributed by atoms with Crippen LogP contribution in [-0.4, -0.2) is 6.79 Å². The van der Waals surface area contributed by atoms with Crippen LogP contribution in [0, 0.1) is 0 Å². The molecule has 0 fully saturated rings. The van der Waals surface area contributed by atoms with Crippen LogP contribution < -0.4 is 17.2 Å². The van der Waals surface area contributed by atoms with E-state index in [1.54, 1.807) is 0 Å². The van der Waals surface area contributed by atoms with Gasteiger partial charge in [0.1, 0.15) is 23.9 Å². The Kier molecular flexibility index (Phi) is 91.2. The molecule has 3 aromatic carbocycles. The van der Waals surface area contributed by atoms with Crippen molar-refractivity contribution in [2.24, 2.45) is 0 Å². The highest BCUT2D eigenvalue weighted by Gasteiger charge is 1.78. The number of quaternary nitrogens is 3. The highest BCUT2D eigenvalue weighted by atomic mass is 16.1. The zero-order chi connectivity index (χ0) is 17.3. The fraction of sp³-hybridized carbons (Fsp3) is 0.240. The number of hydrogen-bond acceptors (Lipinski definition) is 1. The Morgan fingerprint density at radius 3 is 0.594 bits per heavy atom. The van der Waals surface area contributed by atoms with Gasteiger partial charge < -0.3 is 38.4 Å². The minimum atomic E-state index is 0. The van der Waals surface area contributed by atoms with Crippen LogP contribution in [0.15, 0.2) is 91.0 Å². The summed E-state index contributed by atoms with van der Waals surface area (Å²) in [7, 11) is 0. The molecule has 0 unspecified atom stereocenters. The smallest absolute Gasteiger partial charge is 1.00 e. The van der Waals surface area contributed by atoms with Gasteiger partial charge in [-0.1, -0.05) is 99.2 Å². The predicted molar refractivity (Wildman–Crippen MR) is 140 cm³/mol. The van der Waals surface area contributed by atoms with Gasteiger partial charge in [0.05, 0.1) is 0 Å². The van der Waals surface area contributed by atoms with Gasteiger partial charge in [-0.05, 0) is 36.4 Å². The van der Waals surface area contributed by atoms with Gasteiger partial charge >= 0.3 is 4.28 Å². The molecule has 32 heavy (non-hydrogen) atoms. The normalized spacial score (nSPS) is 5.84. The van der Waals surface area contributed by atoms with Crippen LogP contribution in [0.2, 0.25) is 0 Å². The Balaban J connectivity index is -0.0000000156. The molecule has 3 aromatic rings. The second-order valence-electron chi connectivity index (χ2n) is 4.46. The van der Waals surface area contributed by atoms with Crippen molar-refractivity contribution in [1.82, 2.24) is 0 Å². The lowest BCUT2D eigenvalue weighted by molar-refractivity contribution is -0.255. The number of rotatable bonds is 0. The molecule has 0 heterocycles. The third kappa shape index (κ3) is 41.5. The van der Waals surface area contributed by atoms with E-state index in [2.05, 4.69) is 17.2 Å². The number of carbonyl (C=O) groups excluding carboxylic acids is 1. The van der Waals surface area contributed by atoms with E-state index in [4.69, 9.17) is 4.79 Å². The zero-order valence-corrected chi connectivity index (χ0v) is 14.6. The first-order valence-corrected chi connectivity index (χ1v) is 7.08. The molecule has 0 aliphatic heterocycles. The van der Waals surface area contributed by atoms with E-state index in [0.717, 1.165) is 17.1 Å². The summed E-state index contributed by atoms with van der Waals surface area (Å²) in [6.07, 6.45) is 0. The lowest BCUT2D eigenvalue weighted by atomic mass is 10.3. The monoisotopic (exact) mass is 459 g/mol. The molecule has 7 heteroatoms. The van der Waals surface area contributed by atoms with Crippen molar-refractivity contribution in [3.63, 3.8) is 0 Å². The summed E-state index contributed by atoms with van der Waals surface area (Å²) in [5, 5.41) is 0. The van der Waals surface area contributed by atoms with Crippen molar-refractivity contribution in [1.29, 1.82) is 0 Å². The average molecular weight is 460 g/mol. The fourth-order valence-corrected chi connectivity index (χ4v) is 1.43. The SMILES string of the molecule is C.C.C.C.C.C.C=O.[H+].[H+].[H+].[NH3+]c1ccccc1.[NH3+]c1ccccc1.[NH3+]c1ccccc1.[O-2].[O-2].[O-2]. The van der Waals surface area contributed by atoms with Crippen LogP contribution in [0.5, 0.6) is 0 Å². The summed E-state index contributed by atoms with van der Waals surface area (Å²) in [5.41, 5.74) is 14.4. The van der Waals surface area contributed by atoms with Crippen molar-refractivity contribution >= 4 is 23.9 Å². The Hall–Kier alpha value is -2.91. The highest BCUT2D eigenvalue weighted by Crippen LogP contribution is 1.94. The Bertz CT molecular complexity index is 540. The molecule has 9 N–H and O–H groups in total. The molecule has 0 saturated heterocycles. The third-order valence-electron chi connectivity index (χ3n) is 2.53. The molecule has 7 nitrogen and oxygen atoms in total. The molecule has 0 amide bonds. The van der Waals surface area contributed by atoms with Gasteiger partial charge in [0.2, 0.25) is 0 Å². The van der Waals surface area contributed by atoms with Crippen molar-refractivity contribution in [2.45, 2.75) is 44.6 Å². The summed E-state index contributed by atoms with van der Waals surface area (Å²) in [6, 6.07) is 29.6. The van der Waals surface area contributed by atoms with Gasteiger partial charge in [-0.25, -0.2) is 0 Å². The summed E-state index contributed by atoms with van der Waals surface area (Å²) < 4.78 is 0. The number of benzene rings is 3. The van der Waals surface area contributed by atoms with Crippen LogP contribution in [0.3, 0.4) is 0 Å². The maximum absolute atomic E-state index is 8.00. The van der Waals surface area contributed by atoms with Crippen LogP contribution in [0.25, 0.3) is 0 Å². The molecule has 0 aliphatic carbocycles. The van der Waals surface area contributed by atoms with Crippen LogP contribution in [-0.2, 0) is 21.2 Å². The van der Waals surface area contributed by atoms with Gasteiger partial charge in [-0.2, -0.15) is 0 Å². The average Bonchev–Trinajstić information content (AvgIpc) is 2.60. The van der Waals surface area contributed by atoms with Gasteiger partial charge in [0.15, 0.2) is 0 Å². The molecule has 0 saturated carbocycles. The Morgan fingerprint density at radius 2 is 0.531 bits per heavy atom. The van der Waals surface area contributed by atoms with E-state index in [9.17, 15) is 0 Å². The highest BCUT2D eigenvalue weighted by molar-refractivity contribution is 5.26. The van der Waals surface area contributed by atoms with E-state index in [1.807, 2.05) is 97.8 Å². The predicted octanol–water partition coefficient (Wildman–Crippen LogP) is 5.29. The number of hydrogen-bond donors (Lipinski definition) is 3. The Morgan fingerprint density at radius 1 is 0.406 bits per heavy atom. The molecule has 3 rings (SSSR count). The first-order chi connectivity index (χ1) is 11.2. The molecule has 0 bridgehead atoms. The molecule has 0 atom stereocenters. The van der Waals surface area contributed by atoms with Crippen LogP contribution >= 0.6 is 0 Å². The van der Waals surface area contributed by atoms with Gasteiger partial charge in [0, 0.05) is 0 Å². The quantitative estimate of drug-likeness (QED) is 0.405. The lowest BCUT2D eigenvalue weighted by Crippen LogP contribution is -2.39. The van der Waals surface area contributed by atoms with Crippen LogP contribution in [0.1, 0.15) is 48.8 Å². The van der Waals surface area contributed by atoms with Gasteiger partial charge in [-0.15, -0.1) is 0 Å². The molecule has 0 aromatic heterocycles. The molecule has 0 aliphatic rings. The summed E-state index contributed by atoms with van der Waals surface area (Å²) in [5.74, 6) is 0. The first kappa shape index (κ1) is 63.0. The van der Waals surface area contributed by atoms with E-state index in [0.29, 0.717) is 0 Å². The molecular formula is C25H53N3O4. The van der Waals surface area contributed by atoms with E-state index >= 15 is 0 Å². The van der Waals surface area contributed by atoms with Gasteiger partial charge in [0.25, 0.3) is 0 Å². The standard InChI is InChI=1S/3C6H7N.CH2O.6CH4.3O/c3*7-6-4-2-1-3-5-6;1-2;;;;;;;;;/h3*1-5H,7H2;1H2;6*1H4;;;/q;;;;;;;;;;3*-2/p+6. The molecule has 0 radical (unpaired) electrons. The maximum atomic E-state index is 8.00. The van der Waals surface area contributed by atoms with E-state index in [-0.39, 0.29) is 65.3 Å². The largest absolute Gasteiger partial charge is 2.00 e. The Labute approximate surface area is 202 Å². The summed E-state index contributed by atoms with van der Waals surface area (Å²) >= 11 is 0. The van der Waals surface area contributed by atoms with E-state index in [1.165, 1.54) is 0 Å². The minimum absolute atomic E-state index is 0. The zero-order valence-electron chi connectivity index (χ0n) is 17.6. The van der Waals surface area contributed by atoms with Crippen molar-refractivity contribution in [3.05, 3.63) is 91.0 Å². The second kappa shape index (κ2) is 46.3. The summed E-state index contributed by atoms with van der Waals surface area (Å²) in [4.78, 5) is 8.00. The molecule has 0 spiro atoms. The minimum Gasteiger partial charge on any atom is -2.00 e. The van der Waals surface area contributed by atoms with Crippen LogP contribution in [0.4, 0.5) is 17.1 Å². The molecule has 192 valence electrons. The van der Waals surface area contributed by atoms with Gasteiger partial charge in [-0.3, -0.25) is 0 Å².